The van der Waals surface area contributed by atoms with Crippen LogP contribution < -0.4 is 5.32 Å². The summed E-state index contributed by atoms with van der Waals surface area (Å²) in [7, 11) is 0. The highest BCUT2D eigenvalue weighted by Crippen LogP contribution is 2.24. The number of hydrogen-bond acceptors (Lipinski definition) is 3. The topological polar surface area (TPSA) is 18.5 Å². The second kappa shape index (κ2) is 7.77. The van der Waals surface area contributed by atoms with E-state index in [-0.39, 0.29) is 0 Å². The van der Waals surface area contributed by atoms with Crippen molar-refractivity contribution in [2.24, 2.45) is 0 Å². The molecule has 0 unspecified atom stereocenters. The molecule has 3 aliphatic rings. The van der Waals surface area contributed by atoms with Gasteiger partial charge in [-0.05, 0) is 45.2 Å². The molecule has 1 saturated heterocycles. The molecule has 3 fully saturated rings. The summed E-state index contributed by atoms with van der Waals surface area (Å²) in [4.78, 5) is 5.45. The largest absolute Gasteiger partial charge is 0.314 e. The molecule has 0 atom stereocenters. The van der Waals surface area contributed by atoms with Crippen molar-refractivity contribution in [2.75, 3.05) is 39.3 Å². The normalized spacial score (nSPS) is 27.6. The predicted octanol–water partition coefficient (Wildman–Crippen LogP) is 2.47. The van der Waals surface area contributed by atoms with E-state index < -0.39 is 0 Å². The number of piperazine rings is 1. The molecule has 3 rings (SSSR count). The SMILES string of the molecule is C1CCC(NCCCN2CCN(C3CCCC3)CC2)C1. The Morgan fingerprint density at radius 2 is 1.45 bits per heavy atom. The first kappa shape index (κ1) is 14.8. The van der Waals surface area contributed by atoms with Crippen molar-refractivity contribution < 1.29 is 0 Å². The minimum absolute atomic E-state index is 0.842. The van der Waals surface area contributed by atoms with Crippen molar-refractivity contribution in [3.05, 3.63) is 0 Å². The summed E-state index contributed by atoms with van der Waals surface area (Å²) in [5.74, 6) is 0. The van der Waals surface area contributed by atoms with E-state index in [9.17, 15) is 0 Å². The Balaban J connectivity index is 1.24. The van der Waals surface area contributed by atoms with Gasteiger partial charge in [-0.25, -0.2) is 0 Å². The molecule has 1 N–H and O–H groups in total. The van der Waals surface area contributed by atoms with Crippen molar-refractivity contribution in [1.82, 2.24) is 15.1 Å². The summed E-state index contributed by atoms with van der Waals surface area (Å²) in [5, 5.41) is 3.74. The molecular weight excluding hydrogens is 246 g/mol. The van der Waals surface area contributed by atoms with Crippen LogP contribution in [-0.2, 0) is 0 Å². The van der Waals surface area contributed by atoms with Gasteiger partial charge in [0.25, 0.3) is 0 Å². The van der Waals surface area contributed by atoms with E-state index in [1.807, 2.05) is 0 Å². The number of rotatable bonds is 6. The molecule has 0 aromatic heterocycles. The van der Waals surface area contributed by atoms with Gasteiger partial charge in [-0.2, -0.15) is 0 Å². The van der Waals surface area contributed by atoms with Gasteiger partial charge >= 0.3 is 0 Å². The summed E-state index contributed by atoms with van der Waals surface area (Å²) in [6.07, 6.45) is 12.9. The lowest BCUT2D eigenvalue weighted by Gasteiger charge is -2.38. The van der Waals surface area contributed by atoms with Crippen LogP contribution in [0, 0.1) is 0 Å². The Hall–Kier alpha value is -0.120. The molecule has 0 bridgehead atoms. The lowest BCUT2D eigenvalue weighted by Crippen LogP contribution is -2.50. The maximum absolute atomic E-state index is 3.74. The Morgan fingerprint density at radius 3 is 2.15 bits per heavy atom. The smallest absolute Gasteiger partial charge is 0.0113 e. The molecule has 2 saturated carbocycles. The fraction of sp³-hybridized carbons (Fsp3) is 1.00. The molecule has 1 heterocycles. The van der Waals surface area contributed by atoms with E-state index in [0.717, 1.165) is 12.1 Å². The second-order valence-electron chi connectivity index (χ2n) is 7.10. The molecule has 0 amide bonds. The number of nitrogens with zero attached hydrogens (tertiary/aromatic N) is 2. The average Bonchev–Trinajstić information content (AvgIpc) is 3.17. The first-order valence-corrected chi connectivity index (χ1v) is 9.11. The van der Waals surface area contributed by atoms with E-state index in [1.165, 1.54) is 97.1 Å². The molecule has 0 aromatic carbocycles. The third-order valence-electron chi connectivity index (χ3n) is 5.69. The van der Waals surface area contributed by atoms with Crippen LogP contribution in [0.25, 0.3) is 0 Å². The highest BCUT2D eigenvalue weighted by Gasteiger charge is 2.25. The van der Waals surface area contributed by atoms with Crippen LogP contribution in [-0.4, -0.2) is 61.2 Å². The fourth-order valence-corrected chi connectivity index (χ4v) is 4.36. The molecule has 0 aromatic rings. The second-order valence-corrected chi connectivity index (χ2v) is 7.10. The summed E-state index contributed by atoms with van der Waals surface area (Å²) in [6, 6.07) is 1.77. The van der Waals surface area contributed by atoms with Crippen molar-refractivity contribution in [3.8, 4) is 0 Å². The third-order valence-corrected chi connectivity index (χ3v) is 5.69. The summed E-state index contributed by atoms with van der Waals surface area (Å²) >= 11 is 0. The summed E-state index contributed by atoms with van der Waals surface area (Å²) < 4.78 is 0. The van der Waals surface area contributed by atoms with Gasteiger partial charge in [0.1, 0.15) is 0 Å². The lowest BCUT2D eigenvalue weighted by molar-refractivity contribution is 0.0971. The van der Waals surface area contributed by atoms with Gasteiger partial charge in [-0.1, -0.05) is 25.7 Å². The number of nitrogens with one attached hydrogen (secondary N) is 1. The minimum atomic E-state index is 0.842. The van der Waals surface area contributed by atoms with Crippen LogP contribution in [0.15, 0.2) is 0 Å². The van der Waals surface area contributed by atoms with E-state index in [1.54, 1.807) is 0 Å². The van der Waals surface area contributed by atoms with Gasteiger partial charge in [0, 0.05) is 38.3 Å². The number of hydrogen-bond donors (Lipinski definition) is 1. The van der Waals surface area contributed by atoms with Gasteiger partial charge < -0.3 is 10.2 Å². The molecule has 2 aliphatic carbocycles. The average molecular weight is 279 g/mol. The van der Waals surface area contributed by atoms with Gasteiger partial charge in [0.15, 0.2) is 0 Å². The molecule has 116 valence electrons. The fourth-order valence-electron chi connectivity index (χ4n) is 4.36. The Kier molecular flexibility index (Phi) is 5.75. The first-order valence-electron chi connectivity index (χ1n) is 9.11. The van der Waals surface area contributed by atoms with Gasteiger partial charge in [-0.15, -0.1) is 0 Å². The lowest BCUT2D eigenvalue weighted by atomic mass is 10.2. The Morgan fingerprint density at radius 1 is 0.800 bits per heavy atom. The molecule has 0 radical (unpaired) electrons. The van der Waals surface area contributed by atoms with Crippen LogP contribution in [0.2, 0.25) is 0 Å². The highest BCUT2D eigenvalue weighted by molar-refractivity contribution is 4.82. The van der Waals surface area contributed by atoms with Crippen LogP contribution in [0.1, 0.15) is 57.8 Å². The minimum Gasteiger partial charge on any atom is -0.314 e. The van der Waals surface area contributed by atoms with Crippen molar-refractivity contribution >= 4 is 0 Å². The summed E-state index contributed by atoms with van der Waals surface area (Å²) in [5.41, 5.74) is 0. The van der Waals surface area contributed by atoms with E-state index in [0.29, 0.717) is 0 Å². The molecular formula is C17H33N3. The Bertz CT molecular complexity index is 261. The third kappa shape index (κ3) is 4.19. The molecule has 3 nitrogen and oxygen atoms in total. The summed E-state index contributed by atoms with van der Waals surface area (Å²) in [6.45, 7) is 7.78. The van der Waals surface area contributed by atoms with Crippen molar-refractivity contribution in [3.63, 3.8) is 0 Å². The quantitative estimate of drug-likeness (QED) is 0.754. The van der Waals surface area contributed by atoms with E-state index >= 15 is 0 Å². The van der Waals surface area contributed by atoms with Gasteiger partial charge in [-0.3, -0.25) is 4.90 Å². The highest BCUT2D eigenvalue weighted by atomic mass is 15.3. The van der Waals surface area contributed by atoms with Gasteiger partial charge in [0.05, 0.1) is 0 Å². The molecule has 0 spiro atoms. The predicted molar refractivity (Wildman–Crippen MR) is 85.1 cm³/mol. The Labute approximate surface area is 125 Å². The maximum Gasteiger partial charge on any atom is 0.0113 e. The monoisotopic (exact) mass is 279 g/mol. The molecule has 1 aliphatic heterocycles. The zero-order valence-corrected chi connectivity index (χ0v) is 13.2. The molecule has 20 heavy (non-hydrogen) atoms. The zero-order valence-electron chi connectivity index (χ0n) is 13.2. The van der Waals surface area contributed by atoms with Crippen LogP contribution >= 0.6 is 0 Å². The zero-order chi connectivity index (χ0) is 13.6. The van der Waals surface area contributed by atoms with Crippen molar-refractivity contribution in [2.45, 2.75) is 69.9 Å². The van der Waals surface area contributed by atoms with E-state index in [2.05, 4.69) is 15.1 Å². The maximum atomic E-state index is 3.74. The standard InChI is InChI=1S/C17H33N3/c1-2-7-16(6-1)18-10-5-11-19-12-14-20(15-13-19)17-8-3-4-9-17/h16-18H,1-15H2. The van der Waals surface area contributed by atoms with Crippen molar-refractivity contribution in [1.29, 1.82) is 0 Å². The van der Waals surface area contributed by atoms with Crippen LogP contribution in [0.3, 0.4) is 0 Å². The molecule has 3 heteroatoms. The van der Waals surface area contributed by atoms with E-state index in [4.69, 9.17) is 0 Å². The van der Waals surface area contributed by atoms with Crippen LogP contribution in [0.4, 0.5) is 0 Å². The van der Waals surface area contributed by atoms with Gasteiger partial charge in [0.2, 0.25) is 0 Å². The first-order chi connectivity index (χ1) is 9.92. The van der Waals surface area contributed by atoms with Crippen LogP contribution in [0.5, 0.6) is 0 Å².